The molecule has 1 N–H and O–H groups in total. The van der Waals surface area contributed by atoms with Crippen molar-refractivity contribution in [2.75, 3.05) is 0 Å². The SMILES string of the molecule is CC#CC(O)(c1ccccc1)c1snc(Cl)c1Cl. The molecule has 0 amide bonds. The Labute approximate surface area is 119 Å². The lowest BCUT2D eigenvalue weighted by molar-refractivity contribution is 0.149. The second-order valence-electron chi connectivity index (χ2n) is 3.57. The van der Waals surface area contributed by atoms with Crippen LogP contribution in [0.15, 0.2) is 30.3 Å². The van der Waals surface area contributed by atoms with E-state index in [0.29, 0.717) is 10.4 Å². The number of hydrogen-bond donors (Lipinski definition) is 1. The second-order valence-corrected chi connectivity index (χ2v) is 5.08. The molecule has 18 heavy (non-hydrogen) atoms. The predicted octanol–water partition coefficient (Wildman–Crippen LogP) is 3.71. The summed E-state index contributed by atoms with van der Waals surface area (Å²) >= 11 is 12.9. The van der Waals surface area contributed by atoms with E-state index >= 15 is 0 Å². The lowest BCUT2D eigenvalue weighted by atomic mass is 9.93. The third-order valence-corrected chi connectivity index (χ3v) is 4.33. The Hall–Kier alpha value is -1.05. The molecule has 0 saturated carbocycles. The number of nitrogens with zero attached hydrogens (tertiary/aromatic N) is 1. The summed E-state index contributed by atoms with van der Waals surface area (Å²) < 4.78 is 3.94. The van der Waals surface area contributed by atoms with Gasteiger partial charge in [-0.2, -0.15) is 4.37 Å². The van der Waals surface area contributed by atoms with Crippen LogP contribution < -0.4 is 0 Å². The average Bonchev–Trinajstić information content (AvgIpc) is 2.72. The molecule has 0 aliphatic rings. The first-order valence-electron chi connectivity index (χ1n) is 5.12. The van der Waals surface area contributed by atoms with Gasteiger partial charge in [0.2, 0.25) is 0 Å². The molecular formula is C13H9Cl2NOS. The van der Waals surface area contributed by atoms with E-state index in [-0.39, 0.29) is 10.2 Å². The molecule has 0 fully saturated rings. The van der Waals surface area contributed by atoms with Gasteiger partial charge >= 0.3 is 0 Å². The monoisotopic (exact) mass is 297 g/mol. The highest BCUT2D eigenvalue weighted by atomic mass is 35.5. The van der Waals surface area contributed by atoms with Crippen molar-refractivity contribution in [1.29, 1.82) is 0 Å². The molecule has 0 aliphatic heterocycles. The zero-order valence-electron chi connectivity index (χ0n) is 9.45. The molecule has 92 valence electrons. The standard InChI is InChI=1S/C13H9Cl2NOS/c1-2-8-13(17,9-6-4-3-5-7-9)11-10(14)12(15)16-18-11/h3-7,17H,1H3. The first-order chi connectivity index (χ1) is 8.59. The zero-order chi connectivity index (χ0) is 13.2. The molecule has 1 aromatic carbocycles. The fourth-order valence-corrected chi connectivity index (χ4v) is 2.93. The maximum absolute atomic E-state index is 10.8. The maximum Gasteiger partial charge on any atom is 0.189 e. The summed E-state index contributed by atoms with van der Waals surface area (Å²) in [6.45, 7) is 1.66. The van der Waals surface area contributed by atoms with Gasteiger partial charge in [0.05, 0.1) is 9.90 Å². The van der Waals surface area contributed by atoms with Crippen LogP contribution in [0.25, 0.3) is 0 Å². The van der Waals surface area contributed by atoms with Crippen molar-refractivity contribution in [1.82, 2.24) is 4.37 Å². The van der Waals surface area contributed by atoms with Crippen LogP contribution in [0.2, 0.25) is 10.2 Å². The van der Waals surface area contributed by atoms with Crippen LogP contribution in [0.3, 0.4) is 0 Å². The van der Waals surface area contributed by atoms with Gasteiger partial charge in [0.25, 0.3) is 0 Å². The largest absolute Gasteiger partial charge is 0.369 e. The first kappa shape index (κ1) is 13.4. The van der Waals surface area contributed by atoms with Gasteiger partial charge in [0, 0.05) is 5.56 Å². The number of benzene rings is 1. The number of rotatable bonds is 2. The minimum Gasteiger partial charge on any atom is -0.369 e. The van der Waals surface area contributed by atoms with Gasteiger partial charge < -0.3 is 5.11 Å². The Bertz CT molecular complexity index is 615. The van der Waals surface area contributed by atoms with Crippen molar-refractivity contribution < 1.29 is 5.11 Å². The average molecular weight is 298 g/mol. The van der Waals surface area contributed by atoms with Crippen LogP contribution in [-0.4, -0.2) is 9.48 Å². The van der Waals surface area contributed by atoms with Crippen LogP contribution in [0.1, 0.15) is 17.4 Å². The number of aromatic nitrogens is 1. The summed E-state index contributed by atoms with van der Waals surface area (Å²) in [5.74, 6) is 5.50. The molecule has 1 heterocycles. The molecular weight excluding hydrogens is 289 g/mol. The van der Waals surface area contributed by atoms with Gasteiger partial charge in [-0.3, -0.25) is 0 Å². The highest BCUT2D eigenvalue weighted by Crippen LogP contribution is 2.40. The van der Waals surface area contributed by atoms with Crippen molar-refractivity contribution in [2.24, 2.45) is 0 Å². The third-order valence-electron chi connectivity index (χ3n) is 2.42. The molecule has 0 spiro atoms. The van der Waals surface area contributed by atoms with Gasteiger partial charge in [-0.25, -0.2) is 0 Å². The van der Waals surface area contributed by atoms with Crippen LogP contribution >= 0.6 is 34.7 Å². The van der Waals surface area contributed by atoms with Crippen molar-refractivity contribution in [3.05, 3.63) is 50.9 Å². The van der Waals surface area contributed by atoms with Gasteiger partial charge in [-0.1, -0.05) is 59.5 Å². The molecule has 2 aromatic rings. The van der Waals surface area contributed by atoms with E-state index in [0.717, 1.165) is 11.5 Å². The quantitative estimate of drug-likeness (QED) is 0.857. The van der Waals surface area contributed by atoms with Crippen molar-refractivity contribution >= 4 is 34.7 Å². The second kappa shape index (κ2) is 5.29. The van der Waals surface area contributed by atoms with Crippen molar-refractivity contribution in [3.8, 4) is 11.8 Å². The van der Waals surface area contributed by atoms with Gasteiger partial charge in [0.1, 0.15) is 0 Å². The smallest absolute Gasteiger partial charge is 0.189 e. The van der Waals surface area contributed by atoms with E-state index in [9.17, 15) is 5.11 Å². The van der Waals surface area contributed by atoms with Crippen LogP contribution in [0.5, 0.6) is 0 Å². The third kappa shape index (κ3) is 2.25. The van der Waals surface area contributed by atoms with Crippen molar-refractivity contribution in [3.63, 3.8) is 0 Å². The first-order valence-corrected chi connectivity index (χ1v) is 6.65. The van der Waals surface area contributed by atoms with Crippen molar-refractivity contribution in [2.45, 2.75) is 12.5 Å². The fraction of sp³-hybridized carbons (Fsp3) is 0.154. The van der Waals surface area contributed by atoms with Gasteiger partial charge in [-0.05, 0) is 18.5 Å². The molecule has 2 nitrogen and oxygen atoms in total. The van der Waals surface area contributed by atoms with Crippen LogP contribution in [0, 0.1) is 11.8 Å². The summed E-state index contributed by atoms with van der Waals surface area (Å²) in [6, 6.07) is 9.09. The van der Waals surface area contributed by atoms with E-state index in [2.05, 4.69) is 16.2 Å². The molecule has 0 radical (unpaired) electrons. The normalized spacial score (nSPS) is 13.6. The Balaban J connectivity index is 2.65. The molecule has 2 rings (SSSR count). The number of hydrogen-bond acceptors (Lipinski definition) is 3. The summed E-state index contributed by atoms with van der Waals surface area (Å²) in [7, 11) is 0. The molecule has 1 atom stereocenters. The lowest BCUT2D eigenvalue weighted by Gasteiger charge is -2.21. The van der Waals surface area contributed by atoms with E-state index in [1.807, 2.05) is 18.2 Å². The predicted molar refractivity (Wildman–Crippen MR) is 75.0 cm³/mol. The summed E-state index contributed by atoms with van der Waals surface area (Å²) in [4.78, 5) is 0.440. The zero-order valence-corrected chi connectivity index (χ0v) is 11.8. The Morgan fingerprint density at radius 2 is 1.94 bits per heavy atom. The van der Waals surface area contributed by atoms with E-state index in [4.69, 9.17) is 23.2 Å². The maximum atomic E-state index is 10.8. The summed E-state index contributed by atoms with van der Waals surface area (Å²) in [5.41, 5.74) is -0.834. The summed E-state index contributed by atoms with van der Waals surface area (Å²) in [5, 5.41) is 11.2. The lowest BCUT2D eigenvalue weighted by Crippen LogP contribution is -2.24. The van der Waals surface area contributed by atoms with E-state index < -0.39 is 5.60 Å². The van der Waals surface area contributed by atoms with Gasteiger partial charge in [-0.15, -0.1) is 5.92 Å². The summed E-state index contributed by atoms with van der Waals surface area (Å²) in [6.07, 6.45) is 0. The Morgan fingerprint density at radius 3 is 2.44 bits per heavy atom. The Morgan fingerprint density at radius 1 is 1.28 bits per heavy atom. The molecule has 0 aliphatic carbocycles. The fourth-order valence-electron chi connectivity index (χ4n) is 1.60. The molecule has 0 bridgehead atoms. The number of halogens is 2. The molecule has 5 heteroatoms. The molecule has 1 unspecified atom stereocenters. The van der Waals surface area contributed by atoms with Gasteiger partial charge in [0.15, 0.2) is 10.8 Å². The molecule has 0 saturated heterocycles. The van der Waals surface area contributed by atoms with Crippen LogP contribution in [-0.2, 0) is 5.60 Å². The minimum absolute atomic E-state index is 0.184. The molecule has 1 aromatic heterocycles. The van der Waals surface area contributed by atoms with E-state index in [1.165, 1.54) is 0 Å². The van der Waals surface area contributed by atoms with E-state index in [1.54, 1.807) is 19.1 Å². The Kier molecular flexibility index (Phi) is 3.94. The van der Waals surface area contributed by atoms with Crippen LogP contribution in [0.4, 0.5) is 0 Å². The minimum atomic E-state index is -1.47. The highest BCUT2D eigenvalue weighted by molar-refractivity contribution is 7.07. The number of aliphatic hydroxyl groups is 1. The topological polar surface area (TPSA) is 33.1 Å². The highest BCUT2D eigenvalue weighted by Gasteiger charge is 2.35.